The molecule has 0 fully saturated rings. The molecule has 0 radical (unpaired) electrons. The van der Waals surface area contributed by atoms with Gasteiger partial charge >= 0.3 is 0 Å². The Hall–Kier alpha value is -1.44. The van der Waals surface area contributed by atoms with E-state index in [2.05, 4.69) is 11.4 Å². The Balaban J connectivity index is 2.89. The monoisotopic (exact) mass is 310 g/mol. The molecule has 116 valence electrons. The molecule has 1 rings (SSSR count). The van der Waals surface area contributed by atoms with Crippen molar-refractivity contribution < 1.29 is 9.47 Å². The summed E-state index contributed by atoms with van der Waals surface area (Å²) in [5, 5.41) is 12.9. The average Bonchev–Trinajstić information content (AvgIpc) is 2.46. The molecule has 1 N–H and O–H groups in total. The fourth-order valence-electron chi connectivity index (χ4n) is 1.79. The second kappa shape index (κ2) is 8.11. The second-order valence-corrected chi connectivity index (χ2v) is 5.91. The Labute approximate surface area is 132 Å². The van der Waals surface area contributed by atoms with Crippen molar-refractivity contribution in [3.8, 4) is 17.6 Å². The molecule has 0 aliphatic rings. The Morgan fingerprint density at radius 3 is 2.67 bits per heavy atom. The average molecular weight is 311 g/mol. The van der Waals surface area contributed by atoms with Gasteiger partial charge in [0.15, 0.2) is 11.5 Å². The van der Waals surface area contributed by atoms with Crippen molar-refractivity contribution in [2.24, 2.45) is 5.41 Å². The number of halogens is 1. The zero-order valence-electron chi connectivity index (χ0n) is 13.1. The first-order chi connectivity index (χ1) is 9.93. The summed E-state index contributed by atoms with van der Waals surface area (Å²) >= 11 is 6.10. The molecular weight excluding hydrogens is 288 g/mol. The molecular formula is C16H23ClN2O2. The van der Waals surface area contributed by atoms with Crippen LogP contribution >= 0.6 is 11.6 Å². The van der Waals surface area contributed by atoms with E-state index in [0.29, 0.717) is 36.1 Å². The predicted molar refractivity (Wildman–Crippen MR) is 84.9 cm³/mol. The molecule has 0 spiro atoms. The molecule has 0 amide bonds. The second-order valence-electron chi connectivity index (χ2n) is 5.47. The van der Waals surface area contributed by atoms with Crippen LogP contribution < -0.4 is 14.8 Å². The number of nitriles is 1. The summed E-state index contributed by atoms with van der Waals surface area (Å²) in [6, 6.07) is 5.88. The Bertz CT molecular complexity index is 510. The normalized spacial score (nSPS) is 11.0. The van der Waals surface area contributed by atoms with Gasteiger partial charge in [0.2, 0.25) is 0 Å². The summed E-state index contributed by atoms with van der Waals surface area (Å²) in [5.74, 6) is 1.31. The number of ether oxygens (including phenoxy) is 2. The highest BCUT2D eigenvalue weighted by molar-refractivity contribution is 6.30. The first kappa shape index (κ1) is 17.6. The topological polar surface area (TPSA) is 54.3 Å². The molecule has 0 saturated heterocycles. The Kier molecular flexibility index (Phi) is 6.80. The zero-order chi connectivity index (χ0) is 15.9. The van der Waals surface area contributed by atoms with Crippen molar-refractivity contribution in [3.63, 3.8) is 0 Å². The molecule has 0 atom stereocenters. The van der Waals surface area contributed by atoms with E-state index < -0.39 is 5.41 Å². The maximum absolute atomic E-state index is 9.04. The summed E-state index contributed by atoms with van der Waals surface area (Å²) in [6.07, 6.45) is 0.649. The molecule has 0 unspecified atom stereocenters. The number of rotatable bonds is 8. The molecule has 0 bridgehead atoms. The lowest BCUT2D eigenvalue weighted by atomic mass is 9.92. The smallest absolute Gasteiger partial charge is 0.165 e. The van der Waals surface area contributed by atoms with Gasteiger partial charge in [-0.15, -0.1) is 0 Å². The summed E-state index contributed by atoms with van der Waals surface area (Å²) in [5.41, 5.74) is 0.553. The molecule has 21 heavy (non-hydrogen) atoms. The SMILES string of the molecule is CCNCc1cc(Cl)cc(OC)c1OCCC(C)(C)C#N. The molecule has 5 heteroatoms. The lowest BCUT2D eigenvalue weighted by molar-refractivity contribution is 0.250. The van der Waals surface area contributed by atoms with Crippen LogP contribution in [0.1, 0.15) is 32.8 Å². The van der Waals surface area contributed by atoms with Crippen LogP contribution in [0.25, 0.3) is 0 Å². The van der Waals surface area contributed by atoms with Crippen LogP contribution in [0.5, 0.6) is 11.5 Å². The molecule has 0 saturated carbocycles. The van der Waals surface area contributed by atoms with Crippen LogP contribution in [0.4, 0.5) is 0 Å². The van der Waals surface area contributed by atoms with Crippen molar-refractivity contribution >= 4 is 11.6 Å². The molecule has 4 nitrogen and oxygen atoms in total. The van der Waals surface area contributed by atoms with E-state index in [1.807, 2.05) is 26.8 Å². The van der Waals surface area contributed by atoms with Gasteiger partial charge in [0, 0.05) is 23.2 Å². The molecule has 0 aliphatic heterocycles. The van der Waals surface area contributed by atoms with Gasteiger partial charge in [-0.05, 0) is 32.9 Å². The highest BCUT2D eigenvalue weighted by Gasteiger charge is 2.18. The minimum Gasteiger partial charge on any atom is -0.493 e. The van der Waals surface area contributed by atoms with E-state index in [-0.39, 0.29) is 0 Å². The summed E-state index contributed by atoms with van der Waals surface area (Å²) in [7, 11) is 1.59. The van der Waals surface area contributed by atoms with Crippen molar-refractivity contribution in [1.29, 1.82) is 5.26 Å². The largest absolute Gasteiger partial charge is 0.493 e. The van der Waals surface area contributed by atoms with E-state index in [1.54, 1.807) is 13.2 Å². The number of nitrogens with zero attached hydrogens (tertiary/aromatic N) is 1. The third-order valence-electron chi connectivity index (χ3n) is 3.16. The first-order valence-electron chi connectivity index (χ1n) is 7.04. The van der Waals surface area contributed by atoms with E-state index in [0.717, 1.165) is 12.1 Å². The Morgan fingerprint density at radius 1 is 1.38 bits per heavy atom. The van der Waals surface area contributed by atoms with Gasteiger partial charge in [-0.1, -0.05) is 18.5 Å². The van der Waals surface area contributed by atoms with Crippen LogP contribution in [0.3, 0.4) is 0 Å². The van der Waals surface area contributed by atoms with Gasteiger partial charge < -0.3 is 14.8 Å². The minimum absolute atomic E-state index is 0.401. The summed E-state index contributed by atoms with van der Waals surface area (Å²) < 4.78 is 11.2. The summed E-state index contributed by atoms with van der Waals surface area (Å²) in [6.45, 7) is 7.81. The van der Waals surface area contributed by atoms with Crippen molar-refractivity contribution in [2.75, 3.05) is 20.3 Å². The van der Waals surface area contributed by atoms with Crippen LogP contribution in [0, 0.1) is 16.7 Å². The number of benzene rings is 1. The van der Waals surface area contributed by atoms with Crippen LogP contribution in [0.2, 0.25) is 5.02 Å². The molecule has 0 heterocycles. The van der Waals surface area contributed by atoms with Crippen LogP contribution in [-0.2, 0) is 6.54 Å². The zero-order valence-corrected chi connectivity index (χ0v) is 13.9. The van der Waals surface area contributed by atoms with E-state index >= 15 is 0 Å². The highest BCUT2D eigenvalue weighted by Crippen LogP contribution is 2.35. The van der Waals surface area contributed by atoms with Gasteiger partial charge in [0.25, 0.3) is 0 Å². The van der Waals surface area contributed by atoms with Crippen LogP contribution in [-0.4, -0.2) is 20.3 Å². The molecule has 0 aromatic heterocycles. The van der Waals surface area contributed by atoms with Gasteiger partial charge in [-0.25, -0.2) is 0 Å². The fourth-order valence-corrected chi connectivity index (χ4v) is 2.02. The van der Waals surface area contributed by atoms with E-state index in [4.69, 9.17) is 26.3 Å². The number of hydrogen-bond donors (Lipinski definition) is 1. The number of methoxy groups -OCH3 is 1. The number of nitrogens with one attached hydrogen (secondary N) is 1. The molecule has 1 aromatic carbocycles. The number of hydrogen-bond acceptors (Lipinski definition) is 4. The van der Waals surface area contributed by atoms with Crippen molar-refractivity contribution in [3.05, 3.63) is 22.7 Å². The maximum Gasteiger partial charge on any atom is 0.165 e. The lowest BCUT2D eigenvalue weighted by Crippen LogP contribution is -2.16. The lowest BCUT2D eigenvalue weighted by Gasteiger charge is -2.19. The third-order valence-corrected chi connectivity index (χ3v) is 3.38. The quantitative estimate of drug-likeness (QED) is 0.794. The first-order valence-corrected chi connectivity index (χ1v) is 7.42. The maximum atomic E-state index is 9.04. The van der Waals surface area contributed by atoms with Gasteiger partial charge in [0.1, 0.15) is 0 Å². The third kappa shape index (κ3) is 5.45. The van der Waals surface area contributed by atoms with E-state index in [9.17, 15) is 0 Å². The Morgan fingerprint density at radius 2 is 2.10 bits per heavy atom. The fraction of sp³-hybridized carbons (Fsp3) is 0.562. The standard InChI is InChI=1S/C16H23ClN2O2/c1-5-19-10-12-8-13(17)9-14(20-4)15(12)21-7-6-16(2,3)11-18/h8-9,19H,5-7,10H2,1-4H3. The van der Waals surface area contributed by atoms with E-state index in [1.165, 1.54) is 0 Å². The van der Waals surface area contributed by atoms with Crippen molar-refractivity contribution in [2.45, 2.75) is 33.7 Å². The van der Waals surface area contributed by atoms with Crippen LogP contribution in [0.15, 0.2) is 12.1 Å². The molecule has 0 aliphatic carbocycles. The predicted octanol–water partition coefficient (Wildman–Crippen LogP) is 3.78. The summed E-state index contributed by atoms with van der Waals surface area (Å²) in [4.78, 5) is 0. The minimum atomic E-state index is -0.401. The van der Waals surface area contributed by atoms with Crippen molar-refractivity contribution in [1.82, 2.24) is 5.32 Å². The van der Waals surface area contributed by atoms with Gasteiger partial charge in [-0.3, -0.25) is 0 Å². The molecule has 1 aromatic rings. The van der Waals surface area contributed by atoms with Gasteiger partial charge in [0.05, 0.1) is 25.2 Å². The van der Waals surface area contributed by atoms with Gasteiger partial charge in [-0.2, -0.15) is 5.26 Å². The highest BCUT2D eigenvalue weighted by atomic mass is 35.5.